The molecule has 1 aliphatic heterocycles. The molecule has 0 bridgehead atoms. The molecule has 0 aliphatic carbocycles. The Labute approximate surface area is 174 Å². The number of nitrogen functional groups attached to an aromatic ring is 1. The summed E-state index contributed by atoms with van der Waals surface area (Å²) in [6.45, 7) is 11.4. The van der Waals surface area contributed by atoms with Crippen LogP contribution in [0.3, 0.4) is 0 Å². The van der Waals surface area contributed by atoms with Crippen LogP contribution >= 0.6 is 0 Å². The third-order valence-corrected chi connectivity index (χ3v) is 6.13. The average molecular weight is 466 g/mol. The van der Waals surface area contributed by atoms with Crippen LogP contribution in [0.15, 0.2) is 6.20 Å². The van der Waals surface area contributed by atoms with Gasteiger partial charge in [0.1, 0.15) is 24.4 Å². The molecule has 0 radical (unpaired) electrons. The van der Waals surface area contributed by atoms with E-state index >= 15 is 0 Å². The molecule has 0 spiro atoms. The lowest BCUT2D eigenvalue weighted by atomic mass is 10.0. The Morgan fingerprint density at radius 1 is 1.17 bits per heavy atom. The van der Waals surface area contributed by atoms with Crippen molar-refractivity contribution in [2.45, 2.75) is 63.7 Å². The van der Waals surface area contributed by atoms with Gasteiger partial charge in [-0.3, -0.25) is 4.18 Å². The summed E-state index contributed by atoms with van der Waals surface area (Å²) < 4.78 is 47.5. The van der Waals surface area contributed by atoms with Crippen LogP contribution in [0.2, 0.25) is 39.3 Å². The van der Waals surface area contributed by atoms with Gasteiger partial charge >= 0.3 is 0 Å². The van der Waals surface area contributed by atoms with Gasteiger partial charge in [0.15, 0.2) is 8.32 Å². The molecule has 2 heterocycles. The molecule has 2 rings (SSSR count). The number of hydrogen-bond acceptors (Lipinski definition) is 10. The lowest BCUT2D eigenvalue weighted by Gasteiger charge is -2.30. The fraction of sp³-hybridized carbons (Fsp3) is 0.750. The monoisotopic (exact) mass is 465 g/mol. The number of aliphatic hydroxyl groups is 1. The van der Waals surface area contributed by atoms with E-state index in [1.165, 1.54) is 6.20 Å². The minimum atomic E-state index is -3.85. The lowest BCUT2D eigenvalue weighted by molar-refractivity contribution is -0.0198. The largest absolute Gasteiger partial charge is 0.531 e. The number of aromatic nitrogens is 2. The van der Waals surface area contributed by atoms with Crippen molar-refractivity contribution in [3.8, 4) is 5.88 Å². The van der Waals surface area contributed by atoms with Crippen LogP contribution in [-0.2, 0) is 23.5 Å². The molecule has 1 saturated heterocycles. The summed E-state index contributed by atoms with van der Waals surface area (Å²) in [5, 5.41) is 9.84. The van der Waals surface area contributed by atoms with E-state index in [2.05, 4.69) is 9.97 Å². The maximum Gasteiger partial charge on any atom is 0.264 e. The summed E-state index contributed by atoms with van der Waals surface area (Å²) in [4.78, 5) is 8.20. The zero-order chi connectivity index (χ0) is 22.2. The van der Waals surface area contributed by atoms with Crippen LogP contribution in [0.5, 0.6) is 5.88 Å². The molecule has 0 saturated carbocycles. The van der Waals surface area contributed by atoms with E-state index in [1.54, 1.807) is 0 Å². The molecule has 4 atom stereocenters. The molecular formula is C16H31N3O7SSi2. The van der Waals surface area contributed by atoms with E-state index in [9.17, 15) is 13.5 Å². The van der Waals surface area contributed by atoms with Crippen molar-refractivity contribution in [1.82, 2.24) is 9.97 Å². The highest BCUT2D eigenvalue weighted by Gasteiger charge is 2.51. The molecule has 29 heavy (non-hydrogen) atoms. The number of nitrogens with two attached hydrogens (primary N) is 1. The van der Waals surface area contributed by atoms with E-state index in [4.69, 9.17) is 23.5 Å². The van der Waals surface area contributed by atoms with Crippen molar-refractivity contribution >= 4 is 32.7 Å². The van der Waals surface area contributed by atoms with E-state index in [0.29, 0.717) is 5.56 Å². The van der Waals surface area contributed by atoms with Gasteiger partial charge in [0.25, 0.3) is 10.1 Å². The number of anilines is 1. The summed E-state index contributed by atoms with van der Waals surface area (Å²) in [5.41, 5.74) is 6.13. The van der Waals surface area contributed by atoms with Crippen LogP contribution in [0.25, 0.3) is 0 Å². The molecule has 3 N–H and O–H groups in total. The predicted octanol–water partition coefficient (Wildman–Crippen LogP) is 1.27. The molecule has 10 nitrogen and oxygen atoms in total. The first-order valence-electron chi connectivity index (χ1n) is 9.23. The Bertz CT molecular complexity index is 827. The topological polar surface area (TPSA) is 143 Å². The highest BCUT2D eigenvalue weighted by molar-refractivity contribution is 7.86. The number of rotatable bonds is 8. The molecule has 1 aromatic rings. The maximum atomic E-state index is 12.0. The second kappa shape index (κ2) is 8.57. The van der Waals surface area contributed by atoms with E-state index in [1.807, 2.05) is 39.3 Å². The first-order valence-corrected chi connectivity index (χ1v) is 17.9. The summed E-state index contributed by atoms with van der Waals surface area (Å²) >= 11 is 0. The predicted molar refractivity (Wildman–Crippen MR) is 113 cm³/mol. The zero-order valence-electron chi connectivity index (χ0n) is 17.9. The van der Waals surface area contributed by atoms with E-state index in [-0.39, 0.29) is 18.4 Å². The summed E-state index contributed by atoms with van der Waals surface area (Å²) in [6, 6.07) is 0. The standard InChI is InChI=1S/C16H31N3O7SSi2/c1-27(21,22)24-14-12(23-11(9-20)13(14)25-28(2,3)4)10-8-18-16(17)19-15(10)26-29(5,6)7/h8,11-14,20H,9H2,1-7H3,(H2,17,18,19). The molecule has 1 aromatic heterocycles. The lowest BCUT2D eigenvalue weighted by Crippen LogP contribution is -2.45. The van der Waals surface area contributed by atoms with Crippen molar-refractivity contribution < 1.29 is 31.3 Å². The Kier molecular flexibility index (Phi) is 7.14. The summed E-state index contributed by atoms with van der Waals surface area (Å²) in [7, 11) is -8.07. The first-order chi connectivity index (χ1) is 13.1. The Morgan fingerprint density at radius 2 is 1.79 bits per heavy atom. The maximum absolute atomic E-state index is 12.0. The highest BCUT2D eigenvalue weighted by Crippen LogP contribution is 2.42. The molecule has 13 heteroatoms. The smallest absolute Gasteiger partial charge is 0.264 e. The SMILES string of the molecule is C[Si](C)(C)Oc1nc(N)ncc1C1OC(CO)C(O[Si](C)(C)C)C1OS(C)(=O)=O. The van der Waals surface area contributed by atoms with Crippen molar-refractivity contribution in [3.05, 3.63) is 11.8 Å². The second-order valence-corrected chi connectivity index (χ2v) is 19.4. The molecule has 0 amide bonds. The number of aliphatic hydroxyl groups excluding tert-OH is 1. The van der Waals surface area contributed by atoms with Gasteiger partial charge in [0, 0.05) is 6.20 Å². The molecule has 4 unspecified atom stereocenters. The number of ether oxygens (including phenoxy) is 1. The fourth-order valence-corrected chi connectivity index (χ4v) is 5.40. The van der Waals surface area contributed by atoms with Crippen LogP contribution in [0, 0.1) is 0 Å². The van der Waals surface area contributed by atoms with Gasteiger partial charge in [0.05, 0.1) is 18.4 Å². The third kappa shape index (κ3) is 6.98. The molecule has 1 aliphatic rings. The van der Waals surface area contributed by atoms with Crippen molar-refractivity contribution in [3.63, 3.8) is 0 Å². The van der Waals surface area contributed by atoms with Crippen LogP contribution in [0.1, 0.15) is 11.7 Å². The van der Waals surface area contributed by atoms with E-state index in [0.717, 1.165) is 6.26 Å². The first kappa shape index (κ1) is 24.2. The second-order valence-electron chi connectivity index (χ2n) is 8.94. The van der Waals surface area contributed by atoms with Crippen LogP contribution < -0.4 is 10.2 Å². The quantitative estimate of drug-likeness (QED) is 0.425. The molecule has 1 fully saturated rings. The van der Waals surface area contributed by atoms with Crippen molar-refractivity contribution in [2.24, 2.45) is 0 Å². The number of nitrogens with zero attached hydrogens (tertiary/aromatic N) is 2. The van der Waals surface area contributed by atoms with Gasteiger partial charge < -0.3 is 24.4 Å². The third-order valence-electron chi connectivity index (χ3n) is 3.77. The molecule has 166 valence electrons. The van der Waals surface area contributed by atoms with Gasteiger partial charge in [-0.05, 0) is 39.3 Å². The minimum Gasteiger partial charge on any atom is -0.531 e. The molecular weight excluding hydrogens is 434 g/mol. The van der Waals surface area contributed by atoms with Gasteiger partial charge in [-0.1, -0.05) is 0 Å². The number of hydrogen-bond donors (Lipinski definition) is 2. The fourth-order valence-electron chi connectivity index (χ4n) is 2.94. The van der Waals surface area contributed by atoms with Crippen LogP contribution in [-0.4, -0.2) is 71.3 Å². The van der Waals surface area contributed by atoms with Crippen LogP contribution in [0.4, 0.5) is 5.95 Å². The van der Waals surface area contributed by atoms with Crippen molar-refractivity contribution in [1.29, 1.82) is 0 Å². The Balaban J connectivity index is 2.54. The van der Waals surface area contributed by atoms with Crippen molar-refractivity contribution in [2.75, 3.05) is 18.6 Å². The van der Waals surface area contributed by atoms with Gasteiger partial charge in [0.2, 0.25) is 20.1 Å². The zero-order valence-corrected chi connectivity index (χ0v) is 20.7. The normalized spacial score (nSPS) is 25.9. The van der Waals surface area contributed by atoms with Gasteiger partial charge in [-0.15, -0.1) is 0 Å². The Hall–Kier alpha value is -1.10. The van der Waals surface area contributed by atoms with E-state index < -0.39 is 51.2 Å². The average Bonchev–Trinajstić information content (AvgIpc) is 2.80. The molecule has 0 aromatic carbocycles. The Morgan fingerprint density at radius 3 is 2.28 bits per heavy atom. The summed E-state index contributed by atoms with van der Waals surface area (Å²) in [5.74, 6) is 0.239. The highest BCUT2D eigenvalue weighted by atomic mass is 32.2. The minimum absolute atomic E-state index is 0.0224. The van der Waals surface area contributed by atoms with Gasteiger partial charge in [-0.2, -0.15) is 13.4 Å². The summed E-state index contributed by atoms with van der Waals surface area (Å²) in [6.07, 6.45) is -1.13. The van der Waals surface area contributed by atoms with Gasteiger partial charge in [-0.25, -0.2) is 4.98 Å².